The third-order valence-electron chi connectivity index (χ3n) is 2.05. The van der Waals surface area contributed by atoms with Gasteiger partial charge in [0.05, 0.1) is 12.4 Å². The Morgan fingerprint density at radius 1 is 1.60 bits per heavy atom. The molecule has 0 fully saturated rings. The average Bonchev–Trinajstić information content (AvgIpc) is 2.15. The predicted molar refractivity (Wildman–Crippen MR) is 58.2 cm³/mol. The highest BCUT2D eigenvalue weighted by Crippen LogP contribution is 2.05. The third kappa shape index (κ3) is 4.01. The van der Waals surface area contributed by atoms with Crippen molar-refractivity contribution in [3.63, 3.8) is 0 Å². The number of aliphatic hydroxyl groups is 1. The molecule has 1 unspecified atom stereocenters. The second-order valence-electron chi connectivity index (χ2n) is 3.24. The van der Waals surface area contributed by atoms with E-state index in [1.165, 1.54) is 24.9 Å². The van der Waals surface area contributed by atoms with Crippen LogP contribution in [0.1, 0.15) is 6.92 Å². The molecule has 0 bridgehead atoms. The molecule has 0 spiro atoms. The van der Waals surface area contributed by atoms with Gasteiger partial charge in [-0.05, 0) is 6.92 Å². The molecule has 0 aliphatic carbocycles. The Morgan fingerprint density at radius 3 is 2.53 bits per heavy atom. The number of carbonyl (C=O) groups excluding carboxylic acids is 1. The van der Waals surface area contributed by atoms with E-state index in [1.807, 2.05) is 0 Å². The molecule has 15 heavy (non-hydrogen) atoms. The summed E-state index contributed by atoms with van der Waals surface area (Å²) in [5.41, 5.74) is 0. The Hall–Kier alpha value is -0.880. The summed E-state index contributed by atoms with van der Waals surface area (Å²) >= 11 is 0. The second kappa shape index (κ2) is 5.87. The highest BCUT2D eigenvalue weighted by atomic mass is 32.2. The molecule has 5 nitrogen and oxygen atoms in total. The monoisotopic (exact) mass is 235 g/mol. The van der Waals surface area contributed by atoms with Crippen molar-refractivity contribution in [1.29, 1.82) is 0 Å². The normalized spacial score (nSPS) is 13.3. The Balaban J connectivity index is 4.64. The number of carbonyl (C=O) groups is 1. The Bertz CT molecular complexity index is 323. The van der Waals surface area contributed by atoms with Crippen molar-refractivity contribution in [2.45, 2.75) is 12.2 Å². The molecule has 0 saturated carbocycles. The maximum absolute atomic E-state index is 11.6. The number of amides is 1. The van der Waals surface area contributed by atoms with Gasteiger partial charge in [-0.2, -0.15) is 0 Å². The van der Waals surface area contributed by atoms with Crippen molar-refractivity contribution in [3.05, 3.63) is 12.7 Å². The maximum Gasteiger partial charge on any atom is 0.240 e. The number of likely N-dealkylation sites (N-methyl/N-ethyl adjacent to an activating group) is 1. The van der Waals surface area contributed by atoms with Gasteiger partial charge in [0.2, 0.25) is 5.91 Å². The van der Waals surface area contributed by atoms with E-state index in [0.717, 1.165) is 0 Å². The van der Waals surface area contributed by atoms with Crippen molar-refractivity contribution >= 4 is 15.7 Å². The lowest BCUT2D eigenvalue weighted by Gasteiger charge is -2.20. The molecule has 0 aliphatic rings. The Morgan fingerprint density at radius 2 is 2.13 bits per heavy atom. The minimum Gasteiger partial charge on any atom is -0.395 e. The van der Waals surface area contributed by atoms with Crippen LogP contribution < -0.4 is 0 Å². The number of hydrogen-bond donors (Lipinski definition) is 1. The van der Waals surface area contributed by atoms with Gasteiger partial charge in [-0.1, -0.05) is 6.08 Å². The van der Waals surface area contributed by atoms with E-state index >= 15 is 0 Å². The number of sulfone groups is 1. The van der Waals surface area contributed by atoms with Gasteiger partial charge in [0.25, 0.3) is 0 Å². The standard InChI is InChI=1S/C9H17NO4S/c1-4-7-15(13,14)8(2)9(12)10(3)5-6-11/h4,8,11H,1,5-7H2,2-3H3. The fourth-order valence-electron chi connectivity index (χ4n) is 1.03. The summed E-state index contributed by atoms with van der Waals surface area (Å²) in [6.45, 7) is 4.61. The number of nitrogens with zero attached hydrogens (tertiary/aromatic N) is 1. The van der Waals surface area contributed by atoms with E-state index in [-0.39, 0.29) is 18.9 Å². The van der Waals surface area contributed by atoms with Crippen LogP contribution in [0.4, 0.5) is 0 Å². The molecule has 1 atom stereocenters. The Labute approximate surface area is 90.3 Å². The molecule has 0 aromatic rings. The minimum atomic E-state index is -3.46. The maximum atomic E-state index is 11.6. The fourth-order valence-corrected chi connectivity index (χ4v) is 2.14. The lowest BCUT2D eigenvalue weighted by molar-refractivity contribution is -0.129. The van der Waals surface area contributed by atoms with E-state index in [2.05, 4.69) is 6.58 Å². The van der Waals surface area contributed by atoms with Gasteiger partial charge in [-0.15, -0.1) is 6.58 Å². The molecule has 6 heteroatoms. The number of hydrogen-bond acceptors (Lipinski definition) is 4. The molecule has 0 saturated heterocycles. The second-order valence-corrected chi connectivity index (χ2v) is 5.61. The molecule has 88 valence electrons. The average molecular weight is 235 g/mol. The SMILES string of the molecule is C=CCS(=O)(=O)C(C)C(=O)N(C)CCO. The molecular formula is C9H17NO4S. The first-order valence-corrected chi connectivity index (χ1v) is 6.26. The van der Waals surface area contributed by atoms with Gasteiger partial charge in [0, 0.05) is 13.6 Å². The van der Waals surface area contributed by atoms with E-state index in [1.54, 1.807) is 0 Å². The number of rotatable bonds is 6. The van der Waals surface area contributed by atoms with Gasteiger partial charge in [-0.3, -0.25) is 4.79 Å². The first kappa shape index (κ1) is 14.1. The zero-order valence-corrected chi connectivity index (χ0v) is 9.83. The molecule has 1 N–H and O–H groups in total. The largest absolute Gasteiger partial charge is 0.395 e. The van der Waals surface area contributed by atoms with Crippen LogP contribution in [0, 0.1) is 0 Å². The summed E-state index contributed by atoms with van der Waals surface area (Å²) in [7, 11) is -2.01. The molecule has 0 heterocycles. The van der Waals surface area contributed by atoms with Crippen LogP contribution >= 0.6 is 0 Å². The van der Waals surface area contributed by atoms with Gasteiger partial charge in [-0.25, -0.2) is 8.42 Å². The number of aliphatic hydroxyl groups excluding tert-OH is 1. The first-order chi connectivity index (χ1) is 6.86. The van der Waals surface area contributed by atoms with Gasteiger partial charge >= 0.3 is 0 Å². The lowest BCUT2D eigenvalue weighted by Crippen LogP contribution is -2.41. The van der Waals surface area contributed by atoms with Crippen molar-refractivity contribution in [2.75, 3.05) is 26.0 Å². The van der Waals surface area contributed by atoms with Crippen LogP contribution in [0.5, 0.6) is 0 Å². The van der Waals surface area contributed by atoms with Gasteiger partial charge in [0.15, 0.2) is 9.84 Å². The highest BCUT2D eigenvalue weighted by Gasteiger charge is 2.28. The Kier molecular flexibility index (Phi) is 5.53. The smallest absolute Gasteiger partial charge is 0.240 e. The van der Waals surface area contributed by atoms with E-state index < -0.39 is 21.0 Å². The minimum absolute atomic E-state index is 0.132. The van der Waals surface area contributed by atoms with Crippen LogP contribution in [0.3, 0.4) is 0 Å². The topological polar surface area (TPSA) is 74.7 Å². The molecule has 0 aromatic carbocycles. The molecule has 1 amide bonds. The quantitative estimate of drug-likeness (QED) is 0.625. The van der Waals surface area contributed by atoms with Crippen LogP contribution in [0.15, 0.2) is 12.7 Å². The molecule has 0 aromatic heterocycles. The van der Waals surface area contributed by atoms with Crippen molar-refractivity contribution in [3.8, 4) is 0 Å². The van der Waals surface area contributed by atoms with Crippen LogP contribution in [-0.4, -0.2) is 55.5 Å². The summed E-state index contributed by atoms with van der Waals surface area (Å²) in [6.07, 6.45) is 1.26. The van der Waals surface area contributed by atoms with Crippen molar-refractivity contribution in [2.24, 2.45) is 0 Å². The van der Waals surface area contributed by atoms with E-state index in [0.29, 0.717) is 0 Å². The van der Waals surface area contributed by atoms with Crippen molar-refractivity contribution in [1.82, 2.24) is 4.90 Å². The van der Waals surface area contributed by atoms with Crippen LogP contribution in [0.25, 0.3) is 0 Å². The first-order valence-electron chi connectivity index (χ1n) is 4.55. The fraction of sp³-hybridized carbons (Fsp3) is 0.667. The third-order valence-corrected chi connectivity index (χ3v) is 4.03. The van der Waals surface area contributed by atoms with Crippen LogP contribution in [-0.2, 0) is 14.6 Å². The zero-order valence-electron chi connectivity index (χ0n) is 9.01. The van der Waals surface area contributed by atoms with Crippen molar-refractivity contribution < 1.29 is 18.3 Å². The molecule has 0 rings (SSSR count). The summed E-state index contributed by atoms with van der Waals surface area (Å²) in [5, 5.41) is 7.52. The molecular weight excluding hydrogens is 218 g/mol. The lowest BCUT2D eigenvalue weighted by atomic mass is 10.4. The summed E-state index contributed by atoms with van der Waals surface area (Å²) in [5.74, 6) is -0.724. The highest BCUT2D eigenvalue weighted by molar-refractivity contribution is 7.92. The van der Waals surface area contributed by atoms with Gasteiger partial charge in [0.1, 0.15) is 5.25 Å². The zero-order chi connectivity index (χ0) is 12.1. The summed E-state index contributed by atoms with van der Waals surface area (Å²) < 4.78 is 23.0. The van der Waals surface area contributed by atoms with E-state index in [9.17, 15) is 13.2 Å². The molecule has 0 radical (unpaired) electrons. The predicted octanol–water partition coefficient (Wildman–Crippen LogP) is -0.574. The van der Waals surface area contributed by atoms with Crippen LogP contribution in [0.2, 0.25) is 0 Å². The van der Waals surface area contributed by atoms with Gasteiger partial charge < -0.3 is 10.0 Å². The van der Waals surface area contributed by atoms with E-state index in [4.69, 9.17) is 5.11 Å². The summed E-state index contributed by atoms with van der Waals surface area (Å²) in [6, 6.07) is 0. The summed E-state index contributed by atoms with van der Waals surface area (Å²) in [4.78, 5) is 12.8. The molecule has 0 aliphatic heterocycles.